The topological polar surface area (TPSA) is 48.1 Å². The summed E-state index contributed by atoms with van der Waals surface area (Å²) >= 11 is 0. The lowest BCUT2D eigenvalue weighted by atomic mass is 9.96. The number of likely N-dealkylation sites (tertiary alicyclic amines) is 1. The van der Waals surface area contributed by atoms with Crippen molar-refractivity contribution in [2.24, 2.45) is 5.92 Å². The number of piperidine rings is 1. The first-order valence-corrected chi connectivity index (χ1v) is 8.04. The van der Waals surface area contributed by atoms with Crippen LogP contribution in [0.5, 0.6) is 0 Å². The molecule has 2 aromatic rings. The Bertz CT molecular complexity index is 710. The first kappa shape index (κ1) is 16.8. The Morgan fingerprint density at radius 2 is 2.17 bits per heavy atom. The molecule has 1 saturated heterocycles. The zero-order valence-corrected chi connectivity index (χ0v) is 13.2. The van der Waals surface area contributed by atoms with Gasteiger partial charge in [-0.2, -0.15) is 13.2 Å². The average Bonchev–Trinajstić information content (AvgIpc) is 3.02. The van der Waals surface area contributed by atoms with Crippen molar-refractivity contribution in [2.75, 3.05) is 19.6 Å². The number of carbonyl (C=O) groups is 1. The third-order valence-electron chi connectivity index (χ3n) is 4.42. The summed E-state index contributed by atoms with van der Waals surface area (Å²) in [6.07, 6.45) is -1.03. The van der Waals surface area contributed by atoms with Gasteiger partial charge in [-0.3, -0.25) is 9.69 Å². The van der Waals surface area contributed by atoms with Gasteiger partial charge in [0.05, 0.1) is 5.92 Å². The van der Waals surface area contributed by atoms with Gasteiger partial charge < -0.3 is 10.3 Å². The minimum Gasteiger partial charge on any atom is -0.361 e. The number of amides is 1. The van der Waals surface area contributed by atoms with E-state index in [2.05, 4.69) is 9.88 Å². The number of nitrogens with zero attached hydrogens (tertiary/aromatic N) is 1. The van der Waals surface area contributed by atoms with Crippen LogP contribution in [0.25, 0.3) is 10.9 Å². The van der Waals surface area contributed by atoms with Gasteiger partial charge in [-0.05, 0) is 37.1 Å². The van der Waals surface area contributed by atoms with Gasteiger partial charge in [0, 0.05) is 30.2 Å². The number of carbonyl (C=O) groups excluding carboxylic acids is 1. The molecule has 24 heavy (non-hydrogen) atoms. The monoisotopic (exact) mass is 339 g/mol. The first-order valence-electron chi connectivity index (χ1n) is 8.04. The first-order chi connectivity index (χ1) is 11.4. The number of nitrogens with one attached hydrogen (secondary N) is 2. The number of halogens is 3. The van der Waals surface area contributed by atoms with E-state index in [1.165, 1.54) is 0 Å². The summed E-state index contributed by atoms with van der Waals surface area (Å²) in [6, 6.07) is 8.04. The van der Waals surface area contributed by atoms with Crippen molar-refractivity contribution < 1.29 is 18.0 Å². The molecule has 0 aliphatic carbocycles. The van der Waals surface area contributed by atoms with Crippen LogP contribution in [0.4, 0.5) is 13.2 Å². The largest absolute Gasteiger partial charge is 0.405 e. The van der Waals surface area contributed by atoms with Crippen molar-refractivity contribution in [1.29, 1.82) is 0 Å². The summed E-state index contributed by atoms with van der Waals surface area (Å²) in [4.78, 5) is 17.3. The molecule has 0 saturated carbocycles. The maximum absolute atomic E-state index is 12.2. The van der Waals surface area contributed by atoms with Gasteiger partial charge in [0.15, 0.2) is 0 Å². The Hall–Kier alpha value is -2.02. The van der Waals surface area contributed by atoms with Crippen LogP contribution >= 0.6 is 0 Å². The number of rotatable bonds is 4. The van der Waals surface area contributed by atoms with Crippen LogP contribution in [0.15, 0.2) is 30.5 Å². The fourth-order valence-corrected chi connectivity index (χ4v) is 3.27. The van der Waals surface area contributed by atoms with Crippen LogP contribution in [0.3, 0.4) is 0 Å². The predicted octanol–water partition coefficient (Wildman–Crippen LogP) is 3.06. The van der Waals surface area contributed by atoms with Crippen LogP contribution in [0.2, 0.25) is 0 Å². The third-order valence-corrected chi connectivity index (χ3v) is 4.42. The molecule has 1 amide bonds. The second-order valence-electron chi connectivity index (χ2n) is 6.26. The molecule has 130 valence electrons. The minimum atomic E-state index is -4.37. The molecular formula is C17H20F3N3O. The third kappa shape index (κ3) is 4.08. The van der Waals surface area contributed by atoms with E-state index in [4.69, 9.17) is 0 Å². The molecule has 1 aromatic heterocycles. The highest BCUT2D eigenvalue weighted by Crippen LogP contribution is 2.23. The summed E-state index contributed by atoms with van der Waals surface area (Å²) in [7, 11) is 0. The highest BCUT2D eigenvalue weighted by molar-refractivity contribution is 5.83. The highest BCUT2D eigenvalue weighted by Gasteiger charge is 2.31. The zero-order chi connectivity index (χ0) is 17.2. The standard InChI is InChI=1S/C17H20F3N3O/c18-17(19,20)11-22-16(24)13-4-2-8-23(10-13)9-12-3-1-5-15-14(12)6-7-21-15/h1,3,5-7,13,21H,2,4,8-11H2,(H,22,24)/t13-/m1/s1. The molecule has 1 fully saturated rings. The molecule has 1 aliphatic rings. The summed E-state index contributed by atoms with van der Waals surface area (Å²) in [6.45, 7) is 0.775. The van der Waals surface area contributed by atoms with Gasteiger partial charge in [0.2, 0.25) is 5.91 Å². The second kappa shape index (κ2) is 6.84. The molecule has 7 heteroatoms. The molecule has 1 atom stereocenters. The Morgan fingerprint density at radius 3 is 2.96 bits per heavy atom. The van der Waals surface area contributed by atoms with E-state index in [0.717, 1.165) is 29.4 Å². The van der Waals surface area contributed by atoms with E-state index >= 15 is 0 Å². The number of benzene rings is 1. The summed E-state index contributed by atoms with van der Waals surface area (Å²) in [5.41, 5.74) is 2.22. The van der Waals surface area contributed by atoms with E-state index in [9.17, 15) is 18.0 Å². The van der Waals surface area contributed by atoms with Crippen molar-refractivity contribution in [2.45, 2.75) is 25.6 Å². The van der Waals surface area contributed by atoms with Crippen LogP contribution in [0.1, 0.15) is 18.4 Å². The van der Waals surface area contributed by atoms with Crippen LogP contribution in [0, 0.1) is 5.92 Å². The molecule has 0 bridgehead atoms. The molecule has 2 N–H and O–H groups in total. The normalized spacial score (nSPS) is 19.5. The lowest BCUT2D eigenvalue weighted by Gasteiger charge is -2.32. The number of aromatic amines is 1. The number of hydrogen-bond donors (Lipinski definition) is 2. The summed E-state index contributed by atoms with van der Waals surface area (Å²) in [5, 5.41) is 3.15. The fourth-order valence-electron chi connectivity index (χ4n) is 3.27. The number of aromatic nitrogens is 1. The molecular weight excluding hydrogens is 319 g/mol. The van der Waals surface area contributed by atoms with E-state index < -0.39 is 18.6 Å². The van der Waals surface area contributed by atoms with Gasteiger partial charge in [-0.1, -0.05) is 12.1 Å². The Balaban J connectivity index is 1.61. The number of alkyl halides is 3. The Labute approximate surface area is 138 Å². The van der Waals surface area contributed by atoms with Crippen molar-refractivity contribution in [3.05, 3.63) is 36.0 Å². The molecule has 0 spiro atoms. The predicted molar refractivity (Wildman–Crippen MR) is 85.4 cm³/mol. The van der Waals surface area contributed by atoms with E-state index in [1.54, 1.807) is 0 Å². The molecule has 0 radical (unpaired) electrons. The average molecular weight is 339 g/mol. The maximum Gasteiger partial charge on any atom is 0.405 e. The van der Waals surface area contributed by atoms with Crippen LogP contribution in [-0.4, -0.2) is 41.6 Å². The zero-order valence-electron chi connectivity index (χ0n) is 13.2. The van der Waals surface area contributed by atoms with Crippen LogP contribution in [-0.2, 0) is 11.3 Å². The number of hydrogen-bond acceptors (Lipinski definition) is 2. The van der Waals surface area contributed by atoms with Crippen molar-refractivity contribution >= 4 is 16.8 Å². The number of H-pyrrole nitrogens is 1. The lowest BCUT2D eigenvalue weighted by molar-refractivity contribution is -0.141. The minimum absolute atomic E-state index is 0.383. The molecule has 2 heterocycles. The van der Waals surface area contributed by atoms with Gasteiger partial charge in [0.25, 0.3) is 0 Å². The number of fused-ring (bicyclic) bond motifs is 1. The quantitative estimate of drug-likeness (QED) is 0.899. The Kier molecular flexibility index (Phi) is 4.80. The maximum atomic E-state index is 12.2. The van der Waals surface area contributed by atoms with Crippen molar-refractivity contribution in [1.82, 2.24) is 15.2 Å². The highest BCUT2D eigenvalue weighted by atomic mass is 19.4. The Morgan fingerprint density at radius 1 is 1.33 bits per heavy atom. The van der Waals surface area contributed by atoms with Crippen LogP contribution < -0.4 is 5.32 Å². The van der Waals surface area contributed by atoms with Gasteiger partial charge >= 0.3 is 6.18 Å². The van der Waals surface area contributed by atoms with Gasteiger partial charge in [-0.25, -0.2) is 0 Å². The summed E-state index contributed by atoms with van der Waals surface area (Å²) in [5.74, 6) is -0.886. The molecule has 0 unspecified atom stereocenters. The van der Waals surface area contributed by atoms with Crippen molar-refractivity contribution in [3.63, 3.8) is 0 Å². The van der Waals surface area contributed by atoms with E-state index in [1.807, 2.05) is 35.8 Å². The molecule has 1 aromatic carbocycles. The van der Waals surface area contributed by atoms with E-state index in [0.29, 0.717) is 19.5 Å². The fraction of sp³-hybridized carbons (Fsp3) is 0.471. The molecule has 3 rings (SSSR count). The van der Waals surface area contributed by atoms with Crippen molar-refractivity contribution in [3.8, 4) is 0 Å². The second-order valence-corrected chi connectivity index (χ2v) is 6.26. The molecule has 4 nitrogen and oxygen atoms in total. The van der Waals surface area contributed by atoms with E-state index in [-0.39, 0.29) is 5.92 Å². The molecule has 1 aliphatic heterocycles. The smallest absolute Gasteiger partial charge is 0.361 e. The van der Waals surface area contributed by atoms with Gasteiger partial charge in [-0.15, -0.1) is 0 Å². The SMILES string of the molecule is O=C(NCC(F)(F)F)[C@@H]1CCCN(Cc2cccc3[nH]ccc23)C1. The van der Waals surface area contributed by atoms with Gasteiger partial charge in [0.1, 0.15) is 6.54 Å². The lowest BCUT2D eigenvalue weighted by Crippen LogP contribution is -2.44. The summed E-state index contributed by atoms with van der Waals surface area (Å²) < 4.78 is 36.7.